The van der Waals surface area contributed by atoms with E-state index in [9.17, 15) is 0 Å². The second kappa shape index (κ2) is 6.03. The smallest absolute Gasteiger partial charge is 0.242 e. The van der Waals surface area contributed by atoms with Crippen molar-refractivity contribution in [1.82, 2.24) is 0 Å². The molecule has 17 heavy (non-hydrogen) atoms. The summed E-state index contributed by atoms with van der Waals surface area (Å²) in [6.45, 7) is 10.2. The van der Waals surface area contributed by atoms with Gasteiger partial charge in [-0.2, -0.15) is 0 Å². The maximum atomic E-state index is 6.08. The minimum absolute atomic E-state index is 0.0916. The predicted octanol–water partition coefficient (Wildman–Crippen LogP) is 3.87. The van der Waals surface area contributed by atoms with E-state index in [1.807, 2.05) is 18.2 Å². The minimum Gasteiger partial charge on any atom is -0.544 e. The van der Waals surface area contributed by atoms with Gasteiger partial charge < -0.3 is 10.2 Å². The zero-order valence-electron chi connectivity index (χ0n) is 11.1. The third-order valence-electron chi connectivity index (χ3n) is 2.41. The molecule has 1 aromatic rings. The van der Waals surface area contributed by atoms with Gasteiger partial charge in [0, 0.05) is 6.04 Å². The van der Waals surface area contributed by atoms with Crippen LogP contribution < -0.4 is 10.2 Å². The summed E-state index contributed by atoms with van der Waals surface area (Å²) in [7, 11) is -1.51. The summed E-state index contributed by atoms with van der Waals surface area (Å²) in [5, 5.41) is 0. The Morgan fingerprint density at radius 2 is 1.88 bits per heavy atom. The third-order valence-corrected chi connectivity index (χ3v) is 3.26. The molecule has 0 aromatic heterocycles. The third kappa shape index (κ3) is 5.19. The highest BCUT2D eigenvalue weighted by Crippen LogP contribution is 2.21. The highest BCUT2D eigenvalue weighted by Gasteiger charge is 2.16. The van der Waals surface area contributed by atoms with Crippen molar-refractivity contribution >= 4 is 8.32 Å². The summed E-state index contributed by atoms with van der Waals surface area (Å²) in [4.78, 5) is 0. The largest absolute Gasteiger partial charge is 0.544 e. The molecule has 1 aromatic carbocycles. The molecule has 0 bridgehead atoms. The quantitative estimate of drug-likeness (QED) is 0.613. The van der Waals surface area contributed by atoms with Crippen LogP contribution in [0.5, 0.6) is 5.75 Å². The monoisotopic (exact) mass is 249 g/mol. The van der Waals surface area contributed by atoms with Crippen LogP contribution >= 0.6 is 0 Å². The molecule has 0 heterocycles. The maximum Gasteiger partial charge on any atom is 0.242 e. The van der Waals surface area contributed by atoms with Crippen LogP contribution in [0.3, 0.4) is 0 Å². The summed E-state index contributed by atoms with van der Waals surface area (Å²) < 4.78 is 5.90. The van der Waals surface area contributed by atoms with Crippen LogP contribution in [0, 0.1) is 0 Å². The topological polar surface area (TPSA) is 35.2 Å². The first-order valence-electron chi connectivity index (χ1n) is 6.08. The van der Waals surface area contributed by atoms with Crippen LogP contribution in [0.15, 0.2) is 36.9 Å². The molecule has 3 heteroatoms. The fourth-order valence-electron chi connectivity index (χ4n) is 1.60. The summed E-state index contributed by atoms with van der Waals surface area (Å²) in [6, 6.07) is 8.24. The van der Waals surface area contributed by atoms with E-state index < -0.39 is 8.32 Å². The number of hydrogen-bond donors (Lipinski definition) is 1. The standard InChI is InChI=1S/C14H23NOSi/c1-5-6-7-14(15)12-8-10-13(11-9-12)16-17(2,3)4/h5,8-11,14H,1,6-7,15H2,2-4H3/t14-/m1/s1. The van der Waals surface area contributed by atoms with Crippen molar-refractivity contribution in [2.45, 2.75) is 38.5 Å². The molecule has 1 atom stereocenters. The molecule has 0 aliphatic heterocycles. The van der Waals surface area contributed by atoms with Gasteiger partial charge >= 0.3 is 0 Å². The number of benzene rings is 1. The molecular weight excluding hydrogens is 226 g/mol. The van der Waals surface area contributed by atoms with Gasteiger partial charge in [-0.3, -0.25) is 0 Å². The van der Waals surface area contributed by atoms with E-state index in [0.717, 1.165) is 24.2 Å². The molecule has 2 nitrogen and oxygen atoms in total. The van der Waals surface area contributed by atoms with E-state index in [-0.39, 0.29) is 6.04 Å². The molecule has 0 aliphatic carbocycles. The van der Waals surface area contributed by atoms with Crippen molar-refractivity contribution in [3.8, 4) is 5.75 Å². The van der Waals surface area contributed by atoms with Gasteiger partial charge in [-0.1, -0.05) is 18.2 Å². The average molecular weight is 249 g/mol. The van der Waals surface area contributed by atoms with Crippen molar-refractivity contribution in [1.29, 1.82) is 0 Å². The molecule has 0 amide bonds. The summed E-state index contributed by atoms with van der Waals surface area (Å²) in [5.74, 6) is 0.948. The first-order valence-corrected chi connectivity index (χ1v) is 9.48. The zero-order chi connectivity index (χ0) is 12.9. The van der Waals surface area contributed by atoms with Crippen molar-refractivity contribution in [3.63, 3.8) is 0 Å². The van der Waals surface area contributed by atoms with Crippen molar-refractivity contribution in [3.05, 3.63) is 42.5 Å². The Labute approximate surface area is 106 Å². The Bertz CT molecular complexity index is 353. The predicted molar refractivity (Wildman–Crippen MR) is 76.8 cm³/mol. The fraction of sp³-hybridized carbons (Fsp3) is 0.429. The molecule has 2 N–H and O–H groups in total. The molecule has 0 saturated carbocycles. The molecule has 0 unspecified atom stereocenters. The van der Waals surface area contributed by atoms with Gasteiger partial charge in [0.2, 0.25) is 8.32 Å². The van der Waals surface area contributed by atoms with Gasteiger partial charge in [-0.25, -0.2) is 0 Å². The summed E-state index contributed by atoms with van der Waals surface area (Å²) >= 11 is 0. The van der Waals surface area contributed by atoms with Crippen LogP contribution in [0.1, 0.15) is 24.4 Å². The Balaban J connectivity index is 2.64. The Hall–Kier alpha value is -1.06. The Morgan fingerprint density at radius 3 is 2.35 bits per heavy atom. The molecule has 0 spiro atoms. The van der Waals surface area contributed by atoms with Crippen LogP contribution in [0.25, 0.3) is 0 Å². The van der Waals surface area contributed by atoms with Crippen molar-refractivity contribution < 1.29 is 4.43 Å². The van der Waals surface area contributed by atoms with Gasteiger partial charge in [0.05, 0.1) is 0 Å². The van der Waals surface area contributed by atoms with Gasteiger partial charge in [0.15, 0.2) is 0 Å². The first kappa shape index (κ1) is 14.0. The van der Waals surface area contributed by atoms with Gasteiger partial charge in [0.25, 0.3) is 0 Å². The number of hydrogen-bond acceptors (Lipinski definition) is 2. The van der Waals surface area contributed by atoms with Crippen molar-refractivity contribution in [2.24, 2.45) is 5.73 Å². The molecule has 0 aliphatic rings. The Kier molecular flexibility index (Phi) is 4.96. The van der Waals surface area contributed by atoms with E-state index >= 15 is 0 Å². The molecule has 1 rings (SSSR count). The fourth-order valence-corrected chi connectivity index (χ4v) is 2.44. The van der Waals surface area contributed by atoms with Crippen molar-refractivity contribution in [2.75, 3.05) is 0 Å². The van der Waals surface area contributed by atoms with Crippen LogP contribution in [-0.2, 0) is 0 Å². The lowest BCUT2D eigenvalue weighted by atomic mass is 10.0. The lowest BCUT2D eigenvalue weighted by Crippen LogP contribution is -2.29. The lowest BCUT2D eigenvalue weighted by molar-refractivity contribution is 0.556. The van der Waals surface area contributed by atoms with Crippen LogP contribution in [0.2, 0.25) is 19.6 Å². The van der Waals surface area contributed by atoms with Crippen LogP contribution in [-0.4, -0.2) is 8.32 Å². The summed E-state index contributed by atoms with van der Waals surface area (Å²) in [6.07, 6.45) is 3.80. The zero-order valence-corrected chi connectivity index (χ0v) is 12.1. The normalized spacial score (nSPS) is 13.2. The highest BCUT2D eigenvalue weighted by molar-refractivity contribution is 6.70. The van der Waals surface area contributed by atoms with E-state index in [0.29, 0.717) is 0 Å². The first-order chi connectivity index (χ1) is 7.92. The molecule has 0 radical (unpaired) electrons. The van der Waals surface area contributed by atoms with Gasteiger partial charge in [-0.05, 0) is 50.2 Å². The second-order valence-electron chi connectivity index (χ2n) is 5.26. The summed E-state index contributed by atoms with van der Waals surface area (Å²) in [5.41, 5.74) is 7.24. The molecule has 0 saturated heterocycles. The lowest BCUT2D eigenvalue weighted by Gasteiger charge is -2.19. The van der Waals surface area contributed by atoms with E-state index in [2.05, 4.69) is 38.4 Å². The van der Waals surface area contributed by atoms with Gasteiger partial charge in [0.1, 0.15) is 5.75 Å². The number of nitrogens with two attached hydrogens (primary N) is 1. The van der Waals surface area contributed by atoms with E-state index in [1.54, 1.807) is 0 Å². The highest BCUT2D eigenvalue weighted by atomic mass is 28.4. The molecule has 94 valence electrons. The average Bonchev–Trinajstić information content (AvgIpc) is 2.24. The Morgan fingerprint density at radius 1 is 1.29 bits per heavy atom. The second-order valence-corrected chi connectivity index (χ2v) is 9.68. The number of rotatable bonds is 6. The van der Waals surface area contributed by atoms with Gasteiger partial charge in [-0.15, -0.1) is 6.58 Å². The van der Waals surface area contributed by atoms with Crippen LogP contribution in [0.4, 0.5) is 0 Å². The molecule has 0 fully saturated rings. The SMILES string of the molecule is C=CCC[C@@H](N)c1ccc(O[Si](C)(C)C)cc1. The van der Waals surface area contributed by atoms with E-state index in [1.165, 1.54) is 0 Å². The number of allylic oxidation sites excluding steroid dienone is 1. The minimum atomic E-state index is -1.51. The molecular formula is C14H23NOSi. The maximum absolute atomic E-state index is 6.08. The van der Waals surface area contributed by atoms with E-state index in [4.69, 9.17) is 10.2 Å².